The van der Waals surface area contributed by atoms with Gasteiger partial charge in [-0.3, -0.25) is 4.90 Å². The van der Waals surface area contributed by atoms with Crippen molar-refractivity contribution in [1.29, 1.82) is 0 Å². The highest BCUT2D eigenvalue weighted by Gasteiger charge is 2.42. The predicted molar refractivity (Wildman–Crippen MR) is 54.9 cm³/mol. The van der Waals surface area contributed by atoms with Crippen molar-refractivity contribution in [3.05, 3.63) is 0 Å². The predicted octanol–water partition coefficient (Wildman–Crippen LogP) is 1.05. The van der Waals surface area contributed by atoms with Crippen LogP contribution in [0.3, 0.4) is 0 Å². The molecule has 1 heterocycles. The SMILES string of the molecule is CC1OCN(C(=O)OC(C)(C)C)C1C(=O)O. The van der Waals surface area contributed by atoms with Gasteiger partial charge in [0, 0.05) is 0 Å². The van der Waals surface area contributed by atoms with E-state index in [2.05, 4.69) is 0 Å². The Labute approximate surface area is 94.1 Å². The van der Waals surface area contributed by atoms with Crippen LogP contribution in [0.15, 0.2) is 0 Å². The molecule has 2 unspecified atom stereocenters. The lowest BCUT2D eigenvalue weighted by atomic mass is 10.2. The molecule has 6 heteroatoms. The van der Waals surface area contributed by atoms with E-state index < -0.39 is 29.8 Å². The van der Waals surface area contributed by atoms with Gasteiger partial charge in [-0.1, -0.05) is 0 Å². The topological polar surface area (TPSA) is 76.1 Å². The van der Waals surface area contributed by atoms with Crippen LogP contribution in [0.5, 0.6) is 0 Å². The molecule has 16 heavy (non-hydrogen) atoms. The smallest absolute Gasteiger partial charge is 0.412 e. The van der Waals surface area contributed by atoms with Crippen LogP contribution < -0.4 is 0 Å². The Kier molecular flexibility index (Phi) is 3.42. The monoisotopic (exact) mass is 231 g/mol. The lowest BCUT2D eigenvalue weighted by Gasteiger charge is -2.26. The van der Waals surface area contributed by atoms with Gasteiger partial charge in [0.1, 0.15) is 12.3 Å². The molecule has 2 atom stereocenters. The second-order valence-corrected chi connectivity index (χ2v) is 4.73. The second kappa shape index (κ2) is 4.29. The van der Waals surface area contributed by atoms with Crippen molar-refractivity contribution in [2.75, 3.05) is 6.73 Å². The number of nitrogens with zero attached hydrogens (tertiary/aromatic N) is 1. The van der Waals surface area contributed by atoms with E-state index in [9.17, 15) is 9.59 Å². The number of carboxylic acids is 1. The van der Waals surface area contributed by atoms with Crippen molar-refractivity contribution in [2.45, 2.75) is 45.4 Å². The Morgan fingerprint density at radius 2 is 2.00 bits per heavy atom. The Bertz CT molecular complexity index is 296. The molecule has 0 aromatic rings. The minimum atomic E-state index is -1.09. The van der Waals surface area contributed by atoms with Crippen LogP contribution in [-0.2, 0) is 14.3 Å². The number of amides is 1. The number of rotatable bonds is 1. The molecule has 0 aliphatic carbocycles. The maximum atomic E-state index is 11.7. The van der Waals surface area contributed by atoms with Gasteiger partial charge in [-0.2, -0.15) is 0 Å². The highest BCUT2D eigenvalue weighted by molar-refractivity contribution is 5.81. The van der Waals surface area contributed by atoms with Crippen LogP contribution in [0, 0.1) is 0 Å². The van der Waals surface area contributed by atoms with E-state index in [1.807, 2.05) is 0 Å². The fraction of sp³-hybridized carbons (Fsp3) is 0.800. The number of ether oxygens (including phenoxy) is 2. The third kappa shape index (κ3) is 2.85. The average molecular weight is 231 g/mol. The second-order valence-electron chi connectivity index (χ2n) is 4.73. The molecule has 0 aromatic carbocycles. The quantitative estimate of drug-likeness (QED) is 0.730. The summed E-state index contributed by atoms with van der Waals surface area (Å²) in [4.78, 5) is 23.7. The Morgan fingerprint density at radius 1 is 1.44 bits per heavy atom. The van der Waals surface area contributed by atoms with Gasteiger partial charge in [0.15, 0.2) is 6.04 Å². The van der Waals surface area contributed by atoms with E-state index >= 15 is 0 Å². The van der Waals surface area contributed by atoms with Gasteiger partial charge in [0.25, 0.3) is 0 Å². The van der Waals surface area contributed by atoms with Crippen molar-refractivity contribution in [2.24, 2.45) is 0 Å². The molecule has 6 nitrogen and oxygen atoms in total. The van der Waals surface area contributed by atoms with Gasteiger partial charge in [0.05, 0.1) is 6.10 Å². The van der Waals surface area contributed by atoms with Gasteiger partial charge in [-0.25, -0.2) is 9.59 Å². The van der Waals surface area contributed by atoms with Crippen LogP contribution in [-0.4, -0.2) is 46.5 Å². The Hall–Kier alpha value is -1.30. The van der Waals surface area contributed by atoms with E-state index in [-0.39, 0.29) is 6.73 Å². The van der Waals surface area contributed by atoms with Crippen molar-refractivity contribution in [3.8, 4) is 0 Å². The summed E-state index contributed by atoms with van der Waals surface area (Å²) >= 11 is 0. The highest BCUT2D eigenvalue weighted by atomic mass is 16.6. The molecular weight excluding hydrogens is 214 g/mol. The summed E-state index contributed by atoms with van der Waals surface area (Å²) in [6.07, 6.45) is -1.19. The number of carboxylic acid groups (broad SMARTS) is 1. The lowest BCUT2D eigenvalue weighted by Crippen LogP contribution is -2.46. The minimum Gasteiger partial charge on any atom is -0.480 e. The maximum Gasteiger partial charge on any atom is 0.412 e. The average Bonchev–Trinajstić information content (AvgIpc) is 2.43. The first-order valence-electron chi connectivity index (χ1n) is 5.06. The molecule has 0 bridgehead atoms. The first kappa shape index (κ1) is 12.8. The van der Waals surface area contributed by atoms with E-state index in [0.29, 0.717) is 0 Å². The standard InChI is InChI=1S/C10H17NO5/c1-6-7(8(12)13)11(5-15-6)9(14)16-10(2,3)4/h6-7H,5H2,1-4H3,(H,12,13). The number of carbonyl (C=O) groups is 2. The van der Waals surface area contributed by atoms with Crippen molar-refractivity contribution < 1.29 is 24.2 Å². The summed E-state index contributed by atoms with van der Waals surface area (Å²) in [6.45, 7) is 6.74. The van der Waals surface area contributed by atoms with E-state index in [1.165, 1.54) is 0 Å². The maximum absolute atomic E-state index is 11.7. The van der Waals surface area contributed by atoms with Gasteiger partial charge >= 0.3 is 12.1 Å². The van der Waals surface area contributed by atoms with Crippen LogP contribution in [0.25, 0.3) is 0 Å². The summed E-state index contributed by atoms with van der Waals surface area (Å²) in [5, 5.41) is 8.97. The molecule has 92 valence electrons. The molecule has 1 N–H and O–H groups in total. The zero-order valence-corrected chi connectivity index (χ0v) is 9.89. The van der Waals surface area contributed by atoms with Gasteiger partial charge in [-0.15, -0.1) is 0 Å². The molecule has 0 radical (unpaired) electrons. The Balaban J connectivity index is 2.73. The number of aliphatic carboxylic acids is 1. The third-order valence-corrected chi connectivity index (χ3v) is 2.14. The lowest BCUT2D eigenvalue weighted by molar-refractivity contribution is -0.142. The summed E-state index contributed by atoms with van der Waals surface area (Å²) in [7, 11) is 0. The number of carbonyl (C=O) groups excluding carboxylic acids is 1. The zero-order chi connectivity index (χ0) is 12.5. The highest BCUT2D eigenvalue weighted by Crippen LogP contribution is 2.20. The fourth-order valence-electron chi connectivity index (χ4n) is 1.44. The molecule has 1 aliphatic heterocycles. The summed E-state index contributed by atoms with van der Waals surface area (Å²) in [5.41, 5.74) is -0.647. The largest absolute Gasteiger partial charge is 0.480 e. The van der Waals surface area contributed by atoms with E-state index in [4.69, 9.17) is 14.6 Å². The normalized spacial score (nSPS) is 25.6. The molecule has 1 aliphatic rings. The van der Waals surface area contributed by atoms with E-state index in [1.54, 1.807) is 27.7 Å². The van der Waals surface area contributed by atoms with Crippen LogP contribution in [0.4, 0.5) is 4.79 Å². The summed E-state index contributed by atoms with van der Waals surface area (Å²) < 4.78 is 10.2. The van der Waals surface area contributed by atoms with Crippen LogP contribution in [0.2, 0.25) is 0 Å². The van der Waals surface area contributed by atoms with Crippen LogP contribution in [0.1, 0.15) is 27.7 Å². The number of hydrogen-bond acceptors (Lipinski definition) is 4. The molecule has 0 spiro atoms. The first-order valence-corrected chi connectivity index (χ1v) is 5.06. The molecular formula is C10H17NO5. The van der Waals surface area contributed by atoms with Gasteiger partial charge < -0.3 is 14.6 Å². The molecule has 1 rings (SSSR count). The Morgan fingerprint density at radius 3 is 2.44 bits per heavy atom. The molecule has 0 aromatic heterocycles. The van der Waals surface area contributed by atoms with Gasteiger partial charge in [0.2, 0.25) is 0 Å². The summed E-state index contributed by atoms with van der Waals surface area (Å²) in [6, 6.07) is -0.977. The van der Waals surface area contributed by atoms with Gasteiger partial charge in [-0.05, 0) is 27.7 Å². The fourth-order valence-corrected chi connectivity index (χ4v) is 1.44. The minimum absolute atomic E-state index is 0.0486. The molecule has 1 amide bonds. The summed E-state index contributed by atoms with van der Waals surface area (Å²) in [5.74, 6) is -1.09. The first-order chi connectivity index (χ1) is 7.22. The molecule has 1 saturated heterocycles. The molecule has 1 fully saturated rings. The van der Waals surface area contributed by atoms with Crippen molar-refractivity contribution >= 4 is 12.1 Å². The number of hydrogen-bond donors (Lipinski definition) is 1. The molecule has 0 saturated carbocycles. The van der Waals surface area contributed by atoms with E-state index in [0.717, 1.165) is 4.90 Å². The van der Waals surface area contributed by atoms with Crippen molar-refractivity contribution in [1.82, 2.24) is 4.90 Å². The third-order valence-electron chi connectivity index (χ3n) is 2.14. The van der Waals surface area contributed by atoms with Crippen LogP contribution >= 0.6 is 0 Å². The van der Waals surface area contributed by atoms with Crippen molar-refractivity contribution in [3.63, 3.8) is 0 Å². The zero-order valence-electron chi connectivity index (χ0n) is 9.89.